The maximum atomic E-state index is 12.4. The normalized spacial score (nSPS) is 9.88. The van der Waals surface area contributed by atoms with Crippen molar-refractivity contribution in [1.29, 1.82) is 0 Å². The molecule has 0 N–H and O–H groups in total. The van der Waals surface area contributed by atoms with Gasteiger partial charge in [-0.25, -0.2) is 4.98 Å². The zero-order valence-electron chi connectivity index (χ0n) is 4.85. The van der Waals surface area contributed by atoms with Crippen molar-refractivity contribution in [3.8, 4) is 0 Å². The van der Waals surface area contributed by atoms with Crippen molar-refractivity contribution in [2.24, 2.45) is 7.05 Å². The minimum Gasteiger partial charge on any atom is -0.310 e. The number of nitrogens with zero attached hydrogens (tertiary/aromatic N) is 2. The third-order valence-corrected chi connectivity index (χ3v) is 1.03. The van der Waals surface area contributed by atoms with Crippen LogP contribution in [0.3, 0.4) is 0 Å². The Bertz CT molecular complexity index is 173. The van der Waals surface area contributed by atoms with Gasteiger partial charge in [-0.1, -0.05) is 0 Å². The first-order chi connectivity index (χ1) is 3.72. The fraction of sp³-hybridized carbons (Fsp3) is 0.400. The third-order valence-electron chi connectivity index (χ3n) is 1.03. The summed E-state index contributed by atoms with van der Waals surface area (Å²) in [5, 5.41) is 0. The third kappa shape index (κ3) is 0.598. The molecule has 0 unspecified atom stereocenters. The zero-order chi connectivity index (χ0) is 6.15. The fourth-order valence-electron chi connectivity index (χ4n) is 0.532. The maximum Gasteiger partial charge on any atom is 0.215 e. The highest BCUT2D eigenvalue weighted by Crippen LogP contribution is 1.98. The van der Waals surface area contributed by atoms with Crippen molar-refractivity contribution >= 4 is 0 Å². The van der Waals surface area contributed by atoms with Gasteiger partial charge in [0.15, 0.2) is 0 Å². The van der Waals surface area contributed by atoms with Crippen LogP contribution in [0.15, 0.2) is 6.33 Å². The van der Waals surface area contributed by atoms with Gasteiger partial charge in [0.2, 0.25) is 5.95 Å². The Hall–Kier alpha value is -0.860. The van der Waals surface area contributed by atoms with Gasteiger partial charge >= 0.3 is 0 Å². The molecule has 0 saturated heterocycles. The number of aromatic nitrogens is 2. The van der Waals surface area contributed by atoms with E-state index in [0.29, 0.717) is 5.69 Å². The van der Waals surface area contributed by atoms with Gasteiger partial charge in [0.25, 0.3) is 0 Å². The second kappa shape index (κ2) is 1.58. The summed E-state index contributed by atoms with van der Waals surface area (Å²) in [4.78, 5) is 3.70. The standard InChI is InChI=1S/C5H7FN2/c1-4-5(6)8(2)3-7-4/h3H,1-2H3. The van der Waals surface area contributed by atoms with Crippen LogP contribution in [0.1, 0.15) is 5.69 Å². The summed E-state index contributed by atoms with van der Waals surface area (Å²) in [5.74, 6) is -0.259. The molecule has 1 aromatic rings. The maximum absolute atomic E-state index is 12.4. The first-order valence-electron chi connectivity index (χ1n) is 2.35. The molecule has 0 aliphatic heterocycles. The van der Waals surface area contributed by atoms with Crippen LogP contribution in [-0.4, -0.2) is 9.55 Å². The Labute approximate surface area is 47.0 Å². The molecule has 0 saturated carbocycles. The van der Waals surface area contributed by atoms with Crippen LogP contribution in [0.25, 0.3) is 0 Å². The molecule has 0 aliphatic carbocycles. The van der Waals surface area contributed by atoms with Crippen LogP contribution in [0.4, 0.5) is 4.39 Å². The van der Waals surface area contributed by atoms with Crippen LogP contribution < -0.4 is 0 Å². The first kappa shape index (κ1) is 5.28. The summed E-state index contributed by atoms with van der Waals surface area (Å²) in [7, 11) is 1.62. The summed E-state index contributed by atoms with van der Waals surface area (Å²) in [6.45, 7) is 1.63. The van der Waals surface area contributed by atoms with Gasteiger partial charge < -0.3 is 4.57 Å². The highest BCUT2D eigenvalue weighted by atomic mass is 19.1. The SMILES string of the molecule is Cc1ncn(C)c1F. The predicted molar refractivity (Wildman–Crippen MR) is 27.9 cm³/mol. The number of rotatable bonds is 0. The molecule has 2 nitrogen and oxygen atoms in total. The summed E-state index contributed by atoms with van der Waals surface area (Å²) < 4.78 is 13.7. The van der Waals surface area contributed by atoms with Gasteiger partial charge in [-0.05, 0) is 6.92 Å². The molecule has 0 atom stereocenters. The van der Waals surface area contributed by atoms with Crippen molar-refractivity contribution in [2.45, 2.75) is 6.92 Å². The lowest BCUT2D eigenvalue weighted by atomic mass is 10.5. The number of hydrogen-bond acceptors (Lipinski definition) is 1. The van der Waals surface area contributed by atoms with Crippen LogP contribution in [0.5, 0.6) is 0 Å². The van der Waals surface area contributed by atoms with E-state index in [1.807, 2.05) is 0 Å². The van der Waals surface area contributed by atoms with Gasteiger partial charge in [-0.3, -0.25) is 0 Å². The smallest absolute Gasteiger partial charge is 0.215 e. The van der Waals surface area contributed by atoms with E-state index in [2.05, 4.69) is 4.98 Å². The number of aryl methyl sites for hydroxylation is 2. The Morgan fingerprint density at radius 1 is 1.75 bits per heavy atom. The molecule has 0 bridgehead atoms. The Balaban J connectivity index is 3.19. The van der Waals surface area contributed by atoms with Gasteiger partial charge in [0, 0.05) is 7.05 Å². The van der Waals surface area contributed by atoms with E-state index in [1.54, 1.807) is 14.0 Å². The molecule has 0 aliphatic rings. The summed E-state index contributed by atoms with van der Waals surface area (Å²) >= 11 is 0. The van der Waals surface area contributed by atoms with Gasteiger partial charge in [0.05, 0.1) is 12.0 Å². The molecular formula is C5H7FN2. The van der Waals surface area contributed by atoms with Crippen molar-refractivity contribution < 1.29 is 4.39 Å². The predicted octanol–water partition coefficient (Wildman–Crippen LogP) is 0.868. The largest absolute Gasteiger partial charge is 0.310 e. The second-order valence-electron chi connectivity index (χ2n) is 1.73. The zero-order valence-corrected chi connectivity index (χ0v) is 4.85. The van der Waals surface area contributed by atoms with Crippen molar-refractivity contribution in [3.63, 3.8) is 0 Å². The first-order valence-corrected chi connectivity index (χ1v) is 2.35. The molecule has 3 heteroatoms. The topological polar surface area (TPSA) is 17.8 Å². The lowest BCUT2D eigenvalue weighted by Gasteiger charge is -1.86. The van der Waals surface area contributed by atoms with E-state index in [-0.39, 0.29) is 5.95 Å². The molecule has 8 heavy (non-hydrogen) atoms. The van der Waals surface area contributed by atoms with Crippen molar-refractivity contribution in [1.82, 2.24) is 9.55 Å². The van der Waals surface area contributed by atoms with E-state index in [0.717, 1.165) is 0 Å². The van der Waals surface area contributed by atoms with E-state index in [9.17, 15) is 4.39 Å². The van der Waals surface area contributed by atoms with E-state index in [4.69, 9.17) is 0 Å². The molecular weight excluding hydrogens is 107 g/mol. The summed E-state index contributed by atoms with van der Waals surface area (Å²) in [6.07, 6.45) is 1.45. The minimum atomic E-state index is -0.259. The molecule has 0 aromatic carbocycles. The molecule has 0 radical (unpaired) electrons. The van der Waals surface area contributed by atoms with E-state index < -0.39 is 0 Å². The highest BCUT2D eigenvalue weighted by molar-refractivity contribution is 4.95. The lowest BCUT2D eigenvalue weighted by Crippen LogP contribution is -1.88. The van der Waals surface area contributed by atoms with Gasteiger partial charge in [-0.2, -0.15) is 4.39 Å². The lowest BCUT2D eigenvalue weighted by molar-refractivity contribution is 0.528. The van der Waals surface area contributed by atoms with Crippen LogP contribution >= 0.6 is 0 Å². The van der Waals surface area contributed by atoms with Crippen LogP contribution in [0, 0.1) is 12.9 Å². The average Bonchev–Trinajstić information content (AvgIpc) is 1.98. The highest BCUT2D eigenvalue weighted by Gasteiger charge is 1.99. The number of halogens is 1. The molecule has 0 spiro atoms. The van der Waals surface area contributed by atoms with Crippen molar-refractivity contribution in [2.75, 3.05) is 0 Å². The number of imidazole rings is 1. The number of hydrogen-bond donors (Lipinski definition) is 0. The molecule has 1 heterocycles. The molecule has 0 fully saturated rings. The van der Waals surface area contributed by atoms with E-state index >= 15 is 0 Å². The average molecular weight is 114 g/mol. The molecule has 1 rings (SSSR count). The Kier molecular flexibility index (Phi) is 1.04. The Morgan fingerprint density at radius 2 is 2.38 bits per heavy atom. The molecule has 0 amide bonds. The monoisotopic (exact) mass is 114 g/mol. The summed E-state index contributed by atoms with van der Waals surface area (Å²) in [5.41, 5.74) is 0.451. The molecule has 44 valence electrons. The quantitative estimate of drug-likeness (QED) is 0.489. The van der Waals surface area contributed by atoms with Crippen molar-refractivity contribution in [3.05, 3.63) is 18.0 Å². The van der Waals surface area contributed by atoms with Crippen LogP contribution in [0.2, 0.25) is 0 Å². The van der Waals surface area contributed by atoms with Crippen LogP contribution in [-0.2, 0) is 7.05 Å². The summed E-state index contributed by atoms with van der Waals surface area (Å²) in [6, 6.07) is 0. The van der Waals surface area contributed by atoms with Gasteiger partial charge in [0.1, 0.15) is 0 Å². The van der Waals surface area contributed by atoms with E-state index in [1.165, 1.54) is 10.9 Å². The van der Waals surface area contributed by atoms with Gasteiger partial charge in [-0.15, -0.1) is 0 Å². The minimum absolute atomic E-state index is 0.259. The second-order valence-corrected chi connectivity index (χ2v) is 1.73. The molecule has 1 aromatic heterocycles. The fourth-order valence-corrected chi connectivity index (χ4v) is 0.532. The Morgan fingerprint density at radius 3 is 2.50 bits per heavy atom.